The maximum absolute atomic E-state index is 14.3. The van der Waals surface area contributed by atoms with Crippen molar-refractivity contribution in [3.63, 3.8) is 0 Å². The van der Waals surface area contributed by atoms with Gasteiger partial charge in [0.05, 0.1) is 0 Å². The highest BCUT2D eigenvalue weighted by atomic mass is 19.2. The van der Waals surface area contributed by atoms with Crippen LogP contribution in [0.2, 0.25) is 0 Å². The van der Waals surface area contributed by atoms with Gasteiger partial charge in [-0.05, 0) is 41.8 Å². The van der Waals surface area contributed by atoms with E-state index in [1.54, 1.807) is 0 Å². The van der Waals surface area contributed by atoms with Crippen molar-refractivity contribution in [2.24, 2.45) is 0 Å². The van der Waals surface area contributed by atoms with Gasteiger partial charge >= 0.3 is 0 Å². The summed E-state index contributed by atoms with van der Waals surface area (Å²) in [6.45, 7) is 0.932. The summed E-state index contributed by atoms with van der Waals surface area (Å²) in [4.78, 5) is 0. The van der Waals surface area contributed by atoms with Gasteiger partial charge in [0.2, 0.25) is 0 Å². The Labute approximate surface area is 151 Å². The van der Waals surface area contributed by atoms with E-state index in [0.29, 0.717) is 11.1 Å². The first-order valence-electron chi connectivity index (χ1n) is 7.85. The third-order valence-electron chi connectivity index (χ3n) is 4.04. The van der Waals surface area contributed by atoms with Crippen molar-refractivity contribution in [2.45, 2.75) is 6.92 Å². The first kappa shape index (κ1) is 18.8. The second-order valence-corrected chi connectivity index (χ2v) is 5.87. The third-order valence-corrected chi connectivity index (χ3v) is 4.04. The first-order chi connectivity index (χ1) is 12.8. The molecular weight excluding hydrogens is 366 g/mol. The third kappa shape index (κ3) is 3.74. The Morgan fingerprint density at radius 1 is 0.630 bits per heavy atom. The van der Waals surface area contributed by atoms with E-state index < -0.39 is 34.9 Å². The number of benzene rings is 3. The van der Waals surface area contributed by atoms with Crippen LogP contribution in [0.4, 0.5) is 26.3 Å². The van der Waals surface area contributed by atoms with E-state index in [1.165, 1.54) is 36.4 Å². The van der Waals surface area contributed by atoms with Gasteiger partial charge in [-0.3, -0.25) is 0 Å². The standard InChI is InChI=1S/C21H12F6/c1-11(22)20(26)14-6-7-16(17(23)8-14)13-4-2-12(3-5-13)15-9-18(24)21(27)19(25)10-15/h2-10H,1H3. The molecule has 3 aromatic rings. The second-order valence-electron chi connectivity index (χ2n) is 5.87. The Morgan fingerprint density at radius 2 is 1.19 bits per heavy atom. The van der Waals surface area contributed by atoms with Crippen LogP contribution in [-0.2, 0) is 0 Å². The van der Waals surface area contributed by atoms with Gasteiger partial charge in [-0.2, -0.15) is 0 Å². The van der Waals surface area contributed by atoms with Crippen LogP contribution in [0, 0.1) is 23.3 Å². The summed E-state index contributed by atoms with van der Waals surface area (Å²) in [5, 5.41) is 0. The van der Waals surface area contributed by atoms with Crippen molar-refractivity contribution in [3.8, 4) is 22.3 Å². The number of hydrogen-bond donors (Lipinski definition) is 0. The zero-order chi connectivity index (χ0) is 19.7. The number of rotatable bonds is 3. The molecule has 0 atom stereocenters. The fraction of sp³-hybridized carbons (Fsp3) is 0.0476. The maximum Gasteiger partial charge on any atom is 0.194 e. The van der Waals surface area contributed by atoms with Gasteiger partial charge in [0.15, 0.2) is 23.3 Å². The minimum Gasteiger partial charge on any atom is -0.209 e. The summed E-state index contributed by atoms with van der Waals surface area (Å²) in [6.07, 6.45) is 0. The Balaban J connectivity index is 1.95. The molecule has 0 heterocycles. The van der Waals surface area contributed by atoms with Crippen LogP contribution >= 0.6 is 0 Å². The van der Waals surface area contributed by atoms with Crippen LogP contribution in [0.1, 0.15) is 12.5 Å². The Hall–Kier alpha value is -3.02. The molecule has 27 heavy (non-hydrogen) atoms. The molecule has 0 aliphatic heterocycles. The van der Waals surface area contributed by atoms with Crippen molar-refractivity contribution in [2.75, 3.05) is 0 Å². The van der Waals surface area contributed by atoms with E-state index >= 15 is 0 Å². The van der Waals surface area contributed by atoms with Gasteiger partial charge in [-0.25, -0.2) is 26.3 Å². The molecular formula is C21H12F6. The number of allylic oxidation sites excluding steroid dienone is 1. The average Bonchev–Trinajstić information content (AvgIpc) is 2.65. The average molecular weight is 378 g/mol. The van der Waals surface area contributed by atoms with Crippen LogP contribution in [0.15, 0.2) is 60.4 Å². The Morgan fingerprint density at radius 3 is 1.70 bits per heavy atom. The predicted octanol–water partition coefficient (Wildman–Crippen LogP) is 7.20. The van der Waals surface area contributed by atoms with Crippen LogP contribution in [-0.4, -0.2) is 0 Å². The van der Waals surface area contributed by atoms with Gasteiger partial charge in [0.1, 0.15) is 11.6 Å². The van der Waals surface area contributed by atoms with Gasteiger partial charge in [0.25, 0.3) is 0 Å². The van der Waals surface area contributed by atoms with Crippen LogP contribution in [0.5, 0.6) is 0 Å². The fourth-order valence-corrected chi connectivity index (χ4v) is 2.65. The molecule has 3 rings (SSSR count). The van der Waals surface area contributed by atoms with Crippen LogP contribution in [0.3, 0.4) is 0 Å². The molecule has 0 saturated heterocycles. The normalized spacial score (nSPS) is 12.1. The predicted molar refractivity (Wildman–Crippen MR) is 92.0 cm³/mol. The second kappa shape index (κ2) is 7.31. The largest absolute Gasteiger partial charge is 0.209 e. The minimum absolute atomic E-state index is 0.124. The van der Waals surface area contributed by atoms with Crippen molar-refractivity contribution >= 4 is 5.83 Å². The highest BCUT2D eigenvalue weighted by Gasteiger charge is 2.13. The smallest absolute Gasteiger partial charge is 0.194 e. The molecule has 0 fully saturated rings. The highest BCUT2D eigenvalue weighted by molar-refractivity contribution is 5.72. The van der Waals surface area contributed by atoms with Crippen LogP contribution < -0.4 is 0 Å². The quantitative estimate of drug-likeness (QED) is 0.334. The Kier molecular flexibility index (Phi) is 5.08. The summed E-state index contributed by atoms with van der Waals surface area (Å²) in [6, 6.07) is 11.1. The molecule has 0 aliphatic carbocycles. The van der Waals surface area contributed by atoms with E-state index in [9.17, 15) is 26.3 Å². The highest BCUT2D eigenvalue weighted by Crippen LogP contribution is 2.30. The van der Waals surface area contributed by atoms with Gasteiger partial charge in [0, 0.05) is 11.1 Å². The fourth-order valence-electron chi connectivity index (χ4n) is 2.65. The molecule has 6 heteroatoms. The summed E-state index contributed by atoms with van der Waals surface area (Å²) in [5.41, 5.74) is 0.874. The van der Waals surface area contributed by atoms with Crippen molar-refractivity contribution in [3.05, 3.63) is 89.3 Å². The molecule has 0 N–H and O–H groups in total. The molecule has 138 valence electrons. The van der Waals surface area contributed by atoms with Crippen LogP contribution in [0.25, 0.3) is 28.1 Å². The lowest BCUT2D eigenvalue weighted by molar-refractivity contribution is 0.448. The number of halogens is 6. The molecule has 0 saturated carbocycles. The summed E-state index contributed by atoms with van der Waals surface area (Å²) in [7, 11) is 0. The maximum atomic E-state index is 14.3. The molecule has 0 amide bonds. The lowest BCUT2D eigenvalue weighted by Crippen LogP contribution is -1.92. The van der Waals surface area contributed by atoms with Gasteiger partial charge in [-0.1, -0.05) is 36.4 Å². The summed E-state index contributed by atoms with van der Waals surface area (Å²) < 4.78 is 80.5. The monoisotopic (exact) mass is 378 g/mol. The summed E-state index contributed by atoms with van der Waals surface area (Å²) in [5.74, 6) is -7.12. The molecule has 0 nitrogen and oxygen atoms in total. The minimum atomic E-state index is -1.55. The zero-order valence-corrected chi connectivity index (χ0v) is 14.0. The molecule has 0 radical (unpaired) electrons. The van der Waals surface area contributed by atoms with Crippen molar-refractivity contribution in [1.29, 1.82) is 0 Å². The number of hydrogen-bond acceptors (Lipinski definition) is 0. The van der Waals surface area contributed by atoms with E-state index in [1.807, 2.05) is 0 Å². The lowest BCUT2D eigenvalue weighted by Gasteiger charge is -2.08. The zero-order valence-electron chi connectivity index (χ0n) is 14.0. The van der Waals surface area contributed by atoms with E-state index in [-0.39, 0.29) is 16.7 Å². The topological polar surface area (TPSA) is 0 Å². The molecule has 0 unspecified atom stereocenters. The lowest BCUT2D eigenvalue weighted by atomic mass is 9.98. The first-order valence-corrected chi connectivity index (χ1v) is 7.85. The molecule has 0 aromatic heterocycles. The van der Waals surface area contributed by atoms with Gasteiger partial charge < -0.3 is 0 Å². The molecule has 0 aliphatic rings. The molecule has 3 aromatic carbocycles. The van der Waals surface area contributed by atoms with E-state index in [4.69, 9.17) is 0 Å². The van der Waals surface area contributed by atoms with E-state index in [2.05, 4.69) is 0 Å². The molecule has 0 spiro atoms. The summed E-state index contributed by atoms with van der Waals surface area (Å²) >= 11 is 0. The molecule has 0 bridgehead atoms. The van der Waals surface area contributed by atoms with Gasteiger partial charge in [-0.15, -0.1) is 0 Å². The Bertz CT molecular complexity index is 1010. The van der Waals surface area contributed by atoms with E-state index in [0.717, 1.165) is 25.1 Å². The van der Waals surface area contributed by atoms with Crippen molar-refractivity contribution < 1.29 is 26.3 Å². The van der Waals surface area contributed by atoms with Crippen molar-refractivity contribution in [1.82, 2.24) is 0 Å². The SMILES string of the molecule is CC(F)=C(F)c1ccc(-c2ccc(-c3cc(F)c(F)c(F)c3)cc2)c(F)c1.